The van der Waals surface area contributed by atoms with Crippen molar-refractivity contribution in [2.75, 3.05) is 6.61 Å². The number of imide groups is 1. The van der Waals surface area contributed by atoms with Crippen molar-refractivity contribution in [3.05, 3.63) is 46.0 Å². The average Bonchev–Trinajstić information content (AvgIpc) is 3.50. The maximum Gasteiger partial charge on any atom is 0.270 e. The molecule has 6 rings (SSSR count). The van der Waals surface area contributed by atoms with Crippen LogP contribution in [0.15, 0.2) is 35.5 Å². The number of terminal acetylenes is 1. The molecule has 8 nitrogen and oxygen atoms in total. The van der Waals surface area contributed by atoms with Gasteiger partial charge in [0, 0.05) is 17.7 Å². The SMILES string of the molecule is C#CCOc1ccc([N+](=O)[O-])cc1/C=N\N1C(=O)[C@@H]2[C@H]3C=C[C@@H]([C@@H]4C[C@@H]34)[C@H]2C1=O. The second-order valence-electron chi connectivity index (χ2n) is 7.86. The van der Waals surface area contributed by atoms with Crippen molar-refractivity contribution in [3.63, 3.8) is 0 Å². The number of ether oxygens (including phenoxy) is 1. The first-order valence-electron chi connectivity index (χ1n) is 9.46. The summed E-state index contributed by atoms with van der Waals surface area (Å²) < 4.78 is 5.40. The van der Waals surface area contributed by atoms with Gasteiger partial charge in [0.15, 0.2) is 0 Å². The van der Waals surface area contributed by atoms with Gasteiger partial charge in [-0.05, 0) is 36.2 Å². The zero-order valence-electron chi connectivity index (χ0n) is 15.3. The second-order valence-corrected chi connectivity index (χ2v) is 7.86. The molecule has 29 heavy (non-hydrogen) atoms. The first kappa shape index (κ1) is 17.6. The lowest BCUT2D eigenvalue weighted by molar-refractivity contribution is -0.384. The third-order valence-electron chi connectivity index (χ3n) is 6.47. The van der Waals surface area contributed by atoms with Crippen LogP contribution in [-0.4, -0.2) is 34.6 Å². The molecule has 0 aromatic heterocycles. The Morgan fingerprint density at radius 2 is 1.90 bits per heavy atom. The van der Waals surface area contributed by atoms with Gasteiger partial charge in [-0.1, -0.05) is 18.1 Å². The van der Waals surface area contributed by atoms with Gasteiger partial charge in [-0.25, -0.2) is 0 Å². The molecular formula is C21H17N3O5. The molecule has 1 aromatic rings. The molecule has 0 unspecified atom stereocenters. The number of carbonyl (C=O) groups excluding carboxylic acids is 2. The molecule has 6 atom stereocenters. The lowest BCUT2D eigenvalue weighted by atomic mass is 9.63. The summed E-state index contributed by atoms with van der Waals surface area (Å²) in [5.74, 6) is 2.57. The predicted octanol–water partition coefficient (Wildman–Crippen LogP) is 1.99. The van der Waals surface area contributed by atoms with E-state index in [1.165, 1.54) is 24.4 Å². The van der Waals surface area contributed by atoms with Gasteiger partial charge in [0.05, 0.1) is 23.0 Å². The molecule has 0 spiro atoms. The summed E-state index contributed by atoms with van der Waals surface area (Å²) in [5.41, 5.74) is 0.114. The molecule has 1 heterocycles. The summed E-state index contributed by atoms with van der Waals surface area (Å²) in [7, 11) is 0. The molecule has 146 valence electrons. The Morgan fingerprint density at radius 1 is 1.24 bits per heavy atom. The number of nitrogens with zero attached hydrogens (tertiary/aromatic N) is 3. The minimum atomic E-state index is -0.543. The van der Waals surface area contributed by atoms with E-state index in [4.69, 9.17) is 11.2 Å². The predicted molar refractivity (Wildman–Crippen MR) is 102 cm³/mol. The number of benzene rings is 1. The van der Waals surface area contributed by atoms with Crippen LogP contribution < -0.4 is 4.74 Å². The van der Waals surface area contributed by atoms with Crippen molar-refractivity contribution in [3.8, 4) is 18.1 Å². The molecule has 0 radical (unpaired) electrons. The summed E-state index contributed by atoms with van der Waals surface area (Å²) in [6, 6.07) is 3.98. The molecule has 4 aliphatic carbocycles. The number of hydrazone groups is 1. The fraction of sp³-hybridized carbons (Fsp3) is 0.381. The number of hydrogen-bond donors (Lipinski definition) is 0. The van der Waals surface area contributed by atoms with Gasteiger partial charge in [-0.15, -0.1) is 6.42 Å². The van der Waals surface area contributed by atoms with Crippen LogP contribution in [0.1, 0.15) is 12.0 Å². The minimum absolute atomic E-state index is 0.0256. The van der Waals surface area contributed by atoms with Crippen LogP contribution in [0.4, 0.5) is 5.69 Å². The summed E-state index contributed by atoms with van der Waals surface area (Å²) in [4.78, 5) is 36.4. The smallest absolute Gasteiger partial charge is 0.270 e. The highest BCUT2D eigenvalue weighted by atomic mass is 16.6. The molecule has 3 fully saturated rings. The Kier molecular flexibility index (Phi) is 3.81. The van der Waals surface area contributed by atoms with E-state index in [2.05, 4.69) is 23.2 Å². The van der Waals surface area contributed by atoms with Crippen LogP contribution in [0.3, 0.4) is 0 Å². The maximum atomic E-state index is 12.9. The fourth-order valence-corrected chi connectivity index (χ4v) is 5.18. The first-order chi connectivity index (χ1) is 14.0. The van der Waals surface area contributed by atoms with E-state index >= 15 is 0 Å². The molecule has 2 bridgehead atoms. The van der Waals surface area contributed by atoms with Crippen molar-refractivity contribution in [1.29, 1.82) is 0 Å². The van der Waals surface area contributed by atoms with Crippen molar-refractivity contribution >= 4 is 23.7 Å². The molecular weight excluding hydrogens is 374 g/mol. The molecule has 1 aromatic carbocycles. The average molecular weight is 391 g/mol. The van der Waals surface area contributed by atoms with E-state index in [-0.39, 0.29) is 59.1 Å². The monoisotopic (exact) mass is 391 g/mol. The number of non-ortho nitro benzene ring substituents is 1. The Bertz CT molecular complexity index is 1000. The van der Waals surface area contributed by atoms with Gasteiger partial charge in [0.2, 0.25) is 0 Å². The minimum Gasteiger partial charge on any atom is -0.480 e. The third-order valence-corrected chi connectivity index (χ3v) is 6.47. The zero-order chi connectivity index (χ0) is 20.3. The maximum absolute atomic E-state index is 12.9. The van der Waals surface area contributed by atoms with E-state index in [9.17, 15) is 19.7 Å². The largest absolute Gasteiger partial charge is 0.480 e. The molecule has 0 N–H and O–H groups in total. The number of hydrogen-bond acceptors (Lipinski definition) is 6. The highest BCUT2D eigenvalue weighted by Crippen LogP contribution is 2.65. The van der Waals surface area contributed by atoms with Crippen LogP contribution in [-0.2, 0) is 9.59 Å². The summed E-state index contributed by atoms with van der Waals surface area (Å²) in [5, 5.41) is 16.1. The highest BCUT2D eigenvalue weighted by molar-refractivity contribution is 6.06. The number of rotatable bonds is 5. The van der Waals surface area contributed by atoms with Gasteiger partial charge >= 0.3 is 0 Å². The number of carbonyl (C=O) groups is 2. The number of amides is 2. The molecule has 2 saturated carbocycles. The summed E-state index contributed by atoms with van der Waals surface area (Å²) >= 11 is 0. The lowest BCUT2D eigenvalue weighted by Gasteiger charge is -2.37. The van der Waals surface area contributed by atoms with Crippen LogP contribution in [0.5, 0.6) is 5.75 Å². The van der Waals surface area contributed by atoms with Gasteiger partial charge < -0.3 is 4.74 Å². The zero-order valence-corrected chi connectivity index (χ0v) is 15.3. The Morgan fingerprint density at radius 3 is 2.48 bits per heavy atom. The fourth-order valence-electron chi connectivity index (χ4n) is 5.18. The van der Waals surface area contributed by atoms with Crippen molar-refractivity contribution < 1.29 is 19.2 Å². The Hall–Kier alpha value is -3.47. The molecule has 8 heteroatoms. The Labute approximate surface area is 166 Å². The molecule has 2 amide bonds. The van der Waals surface area contributed by atoms with Crippen molar-refractivity contribution in [1.82, 2.24) is 5.01 Å². The summed E-state index contributed by atoms with van der Waals surface area (Å²) in [6.07, 6.45) is 11.7. The van der Waals surface area contributed by atoms with Gasteiger partial charge in [-0.2, -0.15) is 10.1 Å². The van der Waals surface area contributed by atoms with E-state index in [1.807, 2.05) is 0 Å². The molecule has 1 saturated heterocycles. The topological polar surface area (TPSA) is 102 Å². The molecule has 1 aliphatic heterocycles. The number of nitro benzene ring substituents is 1. The quantitative estimate of drug-likeness (QED) is 0.191. The van der Waals surface area contributed by atoms with Gasteiger partial charge in [0.1, 0.15) is 12.4 Å². The van der Waals surface area contributed by atoms with E-state index < -0.39 is 4.92 Å². The third kappa shape index (κ3) is 2.58. The normalized spacial score (nSPS) is 33.6. The second kappa shape index (κ2) is 6.27. The van der Waals surface area contributed by atoms with Crippen LogP contribution in [0.25, 0.3) is 0 Å². The van der Waals surface area contributed by atoms with Crippen molar-refractivity contribution in [2.45, 2.75) is 6.42 Å². The number of nitro groups is 1. The highest BCUT2D eigenvalue weighted by Gasteiger charge is 2.67. The molecule has 5 aliphatic rings. The summed E-state index contributed by atoms with van der Waals surface area (Å²) in [6.45, 7) is -0.0256. The van der Waals surface area contributed by atoms with E-state index in [1.54, 1.807) is 0 Å². The van der Waals surface area contributed by atoms with E-state index in [0.29, 0.717) is 11.8 Å². The van der Waals surface area contributed by atoms with Crippen LogP contribution >= 0.6 is 0 Å². The number of allylic oxidation sites excluding steroid dienone is 2. The van der Waals surface area contributed by atoms with Gasteiger partial charge in [0.25, 0.3) is 17.5 Å². The first-order valence-corrected chi connectivity index (χ1v) is 9.46. The van der Waals surface area contributed by atoms with Gasteiger partial charge in [-0.3, -0.25) is 19.7 Å². The van der Waals surface area contributed by atoms with E-state index in [0.717, 1.165) is 11.4 Å². The van der Waals surface area contributed by atoms with Crippen molar-refractivity contribution in [2.24, 2.45) is 40.6 Å². The van der Waals surface area contributed by atoms with Crippen LogP contribution in [0, 0.1) is 58.0 Å². The van der Waals surface area contributed by atoms with Crippen LogP contribution in [0.2, 0.25) is 0 Å². The lowest BCUT2D eigenvalue weighted by Crippen LogP contribution is -2.40. The Balaban J connectivity index is 1.44. The standard InChI is InChI=1S/C21H17N3O5/c1-2-7-29-17-6-3-12(24(27)28)8-11(17)10-22-23-20(25)18-13-4-5-14(16-9-15(13)16)19(18)21(23)26/h1,3-6,8,10,13-16,18-19H,7,9H2/b22-10-/t13-,14-,15-,16-,18+,19+/m0/s1.